The minimum Gasteiger partial charge on any atom is -0.354 e. The van der Waals surface area contributed by atoms with E-state index in [0.717, 1.165) is 31.8 Å². The van der Waals surface area contributed by atoms with Gasteiger partial charge in [-0.3, -0.25) is 9.69 Å². The van der Waals surface area contributed by atoms with Crippen LogP contribution in [0.2, 0.25) is 0 Å². The summed E-state index contributed by atoms with van der Waals surface area (Å²) < 4.78 is 0. The third kappa shape index (κ3) is 3.23. The van der Waals surface area contributed by atoms with Gasteiger partial charge in [0.05, 0.1) is 0 Å². The number of amides is 1. The fourth-order valence-electron chi connectivity index (χ4n) is 3.03. The molecule has 4 nitrogen and oxygen atoms in total. The molecule has 2 aliphatic rings. The molecule has 3 unspecified atom stereocenters. The number of nitrogens with zero attached hydrogens (tertiary/aromatic N) is 1. The summed E-state index contributed by atoms with van der Waals surface area (Å²) in [6, 6.07) is 1.18. The number of rotatable bonds is 6. The lowest BCUT2D eigenvalue weighted by Crippen LogP contribution is -2.43. The predicted octanol–water partition coefficient (Wildman–Crippen LogP) is 0.960. The Hall–Kier alpha value is -0.610. The van der Waals surface area contributed by atoms with E-state index in [4.69, 9.17) is 5.73 Å². The van der Waals surface area contributed by atoms with Crippen molar-refractivity contribution in [2.45, 2.75) is 51.1 Å². The second-order valence-electron chi connectivity index (χ2n) is 6.02. The maximum absolute atomic E-state index is 12.1. The third-order valence-corrected chi connectivity index (χ3v) is 4.69. The Morgan fingerprint density at radius 3 is 2.72 bits per heavy atom. The summed E-state index contributed by atoms with van der Waals surface area (Å²) in [4.78, 5) is 14.5. The van der Waals surface area contributed by atoms with E-state index < -0.39 is 0 Å². The molecule has 0 spiro atoms. The minimum atomic E-state index is 0.161. The van der Waals surface area contributed by atoms with Gasteiger partial charge in [0.25, 0.3) is 0 Å². The van der Waals surface area contributed by atoms with Gasteiger partial charge in [0.1, 0.15) is 0 Å². The quantitative estimate of drug-likeness (QED) is 0.741. The standard InChI is InChI=1S/C14H27N3O/c1-10(17(2)12-6-7-12)9-16-14(18)13-5-3-4-11(13)8-15/h10-13H,3-9,15H2,1-2H3,(H,16,18). The van der Waals surface area contributed by atoms with Crippen LogP contribution in [-0.2, 0) is 4.79 Å². The summed E-state index contributed by atoms with van der Waals surface area (Å²) in [5, 5.41) is 3.12. The first-order valence-corrected chi connectivity index (χ1v) is 7.33. The largest absolute Gasteiger partial charge is 0.354 e. The lowest BCUT2D eigenvalue weighted by Gasteiger charge is -2.26. The van der Waals surface area contributed by atoms with Gasteiger partial charge in [0, 0.05) is 24.5 Å². The SMILES string of the molecule is CC(CNC(=O)C1CCCC1CN)N(C)C1CC1. The van der Waals surface area contributed by atoms with Crippen LogP contribution in [0, 0.1) is 11.8 Å². The first kappa shape index (κ1) is 13.8. The van der Waals surface area contributed by atoms with Crippen molar-refractivity contribution in [1.82, 2.24) is 10.2 Å². The van der Waals surface area contributed by atoms with Gasteiger partial charge in [-0.25, -0.2) is 0 Å². The summed E-state index contributed by atoms with van der Waals surface area (Å²) >= 11 is 0. The fourth-order valence-corrected chi connectivity index (χ4v) is 3.03. The molecule has 0 aromatic rings. The number of carbonyl (C=O) groups is 1. The zero-order valence-corrected chi connectivity index (χ0v) is 11.7. The van der Waals surface area contributed by atoms with Crippen LogP contribution in [0.1, 0.15) is 39.0 Å². The Morgan fingerprint density at radius 2 is 2.11 bits per heavy atom. The van der Waals surface area contributed by atoms with Gasteiger partial charge in [-0.1, -0.05) is 6.42 Å². The smallest absolute Gasteiger partial charge is 0.223 e. The molecule has 2 saturated carbocycles. The summed E-state index contributed by atoms with van der Waals surface area (Å²) in [5.41, 5.74) is 5.73. The maximum Gasteiger partial charge on any atom is 0.223 e. The first-order chi connectivity index (χ1) is 8.63. The van der Waals surface area contributed by atoms with E-state index in [9.17, 15) is 4.79 Å². The lowest BCUT2D eigenvalue weighted by atomic mass is 9.95. The first-order valence-electron chi connectivity index (χ1n) is 7.33. The third-order valence-electron chi connectivity index (χ3n) is 4.69. The van der Waals surface area contributed by atoms with E-state index in [2.05, 4.69) is 24.2 Å². The molecule has 0 bridgehead atoms. The van der Waals surface area contributed by atoms with Gasteiger partial charge in [-0.15, -0.1) is 0 Å². The molecule has 3 N–H and O–H groups in total. The van der Waals surface area contributed by atoms with Crippen molar-refractivity contribution in [3.8, 4) is 0 Å². The van der Waals surface area contributed by atoms with E-state index >= 15 is 0 Å². The Balaban J connectivity index is 1.73. The molecule has 18 heavy (non-hydrogen) atoms. The van der Waals surface area contributed by atoms with Crippen LogP contribution >= 0.6 is 0 Å². The summed E-state index contributed by atoms with van der Waals surface area (Å²) in [7, 11) is 2.16. The molecule has 2 rings (SSSR count). The number of hydrogen-bond acceptors (Lipinski definition) is 3. The molecular weight excluding hydrogens is 226 g/mol. The van der Waals surface area contributed by atoms with Crippen LogP contribution in [0.4, 0.5) is 0 Å². The van der Waals surface area contributed by atoms with E-state index in [1.54, 1.807) is 0 Å². The highest BCUT2D eigenvalue weighted by molar-refractivity contribution is 5.79. The maximum atomic E-state index is 12.1. The topological polar surface area (TPSA) is 58.4 Å². The molecule has 1 amide bonds. The molecule has 104 valence electrons. The average Bonchev–Trinajstić information content (AvgIpc) is 3.11. The second-order valence-corrected chi connectivity index (χ2v) is 6.02. The van der Waals surface area contributed by atoms with Crippen molar-refractivity contribution >= 4 is 5.91 Å². The second kappa shape index (κ2) is 6.02. The van der Waals surface area contributed by atoms with Gasteiger partial charge >= 0.3 is 0 Å². The zero-order chi connectivity index (χ0) is 13.1. The fraction of sp³-hybridized carbons (Fsp3) is 0.929. The molecule has 2 aliphatic carbocycles. The van der Waals surface area contributed by atoms with Gasteiger partial charge < -0.3 is 11.1 Å². The lowest BCUT2D eigenvalue weighted by molar-refractivity contribution is -0.126. The van der Waals surface area contributed by atoms with Crippen molar-refractivity contribution in [3.05, 3.63) is 0 Å². The number of nitrogens with one attached hydrogen (secondary N) is 1. The molecule has 4 heteroatoms. The molecule has 2 fully saturated rings. The van der Waals surface area contributed by atoms with E-state index in [1.165, 1.54) is 12.8 Å². The van der Waals surface area contributed by atoms with Crippen LogP contribution < -0.4 is 11.1 Å². The van der Waals surface area contributed by atoms with E-state index in [0.29, 0.717) is 18.5 Å². The van der Waals surface area contributed by atoms with Crippen LogP contribution in [0.5, 0.6) is 0 Å². The zero-order valence-electron chi connectivity index (χ0n) is 11.7. The Kier molecular flexibility index (Phi) is 4.62. The van der Waals surface area contributed by atoms with Crippen LogP contribution in [-0.4, -0.2) is 43.0 Å². The summed E-state index contributed by atoms with van der Waals surface area (Å²) in [6.07, 6.45) is 5.91. The highest BCUT2D eigenvalue weighted by atomic mass is 16.1. The van der Waals surface area contributed by atoms with Gasteiger partial charge in [0.15, 0.2) is 0 Å². The molecule has 3 atom stereocenters. The van der Waals surface area contributed by atoms with Crippen LogP contribution in [0.15, 0.2) is 0 Å². The molecule has 0 radical (unpaired) electrons. The highest BCUT2D eigenvalue weighted by Crippen LogP contribution is 2.31. The number of carbonyl (C=O) groups excluding carboxylic acids is 1. The van der Waals surface area contributed by atoms with Crippen molar-refractivity contribution in [1.29, 1.82) is 0 Å². The Bertz CT molecular complexity index is 291. The normalized spacial score (nSPS) is 29.6. The molecule has 0 aliphatic heterocycles. The van der Waals surface area contributed by atoms with Crippen molar-refractivity contribution in [2.75, 3.05) is 20.1 Å². The Labute approximate surface area is 110 Å². The number of nitrogens with two attached hydrogens (primary N) is 1. The van der Waals surface area contributed by atoms with Gasteiger partial charge in [-0.05, 0) is 52.1 Å². The van der Waals surface area contributed by atoms with Crippen LogP contribution in [0.25, 0.3) is 0 Å². The van der Waals surface area contributed by atoms with Crippen molar-refractivity contribution < 1.29 is 4.79 Å². The van der Waals surface area contributed by atoms with Crippen molar-refractivity contribution in [3.63, 3.8) is 0 Å². The molecule has 0 saturated heterocycles. The predicted molar refractivity (Wildman–Crippen MR) is 73.1 cm³/mol. The van der Waals surface area contributed by atoms with E-state index in [-0.39, 0.29) is 11.8 Å². The summed E-state index contributed by atoms with van der Waals surface area (Å²) in [6.45, 7) is 3.60. The number of likely N-dealkylation sites (N-methyl/N-ethyl adjacent to an activating group) is 1. The van der Waals surface area contributed by atoms with Crippen molar-refractivity contribution in [2.24, 2.45) is 17.6 Å². The van der Waals surface area contributed by atoms with Gasteiger partial charge in [-0.2, -0.15) is 0 Å². The van der Waals surface area contributed by atoms with Gasteiger partial charge in [0.2, 0.25) is 5.91 Å². The molecule has 0 aromatic heterocycles. The monoisotopic (exact) mass is 253 g/mol. The highest BCUT2D eigenvalue weighted by Gasteiger charge is 2.33. The number of hydrogen-bond donors (Lipinski definition) is 2. The van der Waals surface area contributed by atoms with Crippen LogP contribution in [0.3, 0.4) is 0 Å². The molecular formula is C14H27N3O. The minimum absolute atomic E-state index is 0.161. The Morgan fingerprint density at radius 1 is 1.39 bits per heavy atom. The van der Waals surface area contributed by atoms with E-state index in [1.807, 2.05) is 0 Å². The summed E-state index contributed by atoms with van der Waals surface area (Å²) in [5.74, 6) is 0.786. The molecule has 0 aromatic carbocycles. The average molecular weight is 253 g/mol. The molecule has 0 heterocycles.